The highest BCUT2D eigenvalue weighted by Gasteiger charge is 2.14. The van der Waals surface area contributed by atoms with Gasteiger partial charge in [0.2, 0.25) is 0 Å². The van der Waals surface area contributed by atoms with Crippen LogP contribution in [0.5, 0.6) is 5.75 Å². The third-order valence-corrected chi connectivity index (χ3v) is 4.72. The van der Waals surface area contributed by atoms with Crippen molar-refractivity contribution in [3.8, 4) is 5.75 Å². The van der Waals surface area contributed by atoms with Crippen molar-refractivity contribution in [3.05, 3.63) is 76.2 Å². The maximum absolute atomic E-state index is 12.0. The fourth-order valence-corrected chi connectivity index (χ4v) is 2.80. The molecule has 0 aliphatic heterocycles. The SMILES string of the molecule is CCOc1ccc(N=Cc2ccc(CNC(=O)C(=O)Nc3ccc(Cl)c(Cl)c3)o2)cc1. The van der Waals surface area contributed by atoms with Crippen LogP contribution in [0, 0.1) is 0 Å². The molecule has 1 heterocycles. The summed E-state index contributed by atoms with van der Waals surface area (Å²) >= 11 is 11.7. The lowest BCUT2D eigenvalue weighted by molar-refractivity contribution is -0.136. The Balaban J connectivity index is 1.50. The molecule has 3 aromatic rings. The quantitative estimate of drug-likeness (QED) is 0.384. The first-order valence-electron chi connectivity index (χ1n) is 9.34. The Bertz CT molecular complexity index is 1090. The number of hydrogen-bond acceptors (Lipinski definition) is 5. The number of anilines is 1. The Morgan fingerprint density at radius 3 is 2.52 bits per heavy atom. The lowest BCUT2D eigenvalue weighted by Gasteiger charge is -2.06. The van der Waals surface area contributed by atoms with E-state index in [1.807, 2.05) is 31.2 Å². The molecule has 0 aliphatic rings. The van der Waals surface area contributed by atoms with Crippen LogP contribution in [0.4, 0.5) is 11.4 Å². The molecule has 160 valence electrons. The molecule has 0 aliphatic carbocycles. The van der Waals surface area contributed by atoms with Gasteiger partial charge in [-0.15, -0.1) is 0 Å². The van der Waals surface area contributed by atoms with Crippen molar-refractivity contribution in [2.45, 2.75) is 13.5 Å². The Morgan fingerprint density at radius 2 is 1.81 bits per heavy atom. The molecule has 1 aromatic heterocycles. The highest BCUT2D eigenvalue weighted by atomic mass is 35.5. The summed E-state index contributed by atoms with van der Waals surface area (Å²) in [7, 11) is 0. The maximum Gasteiger partial charge on any atom is 0.313 e. The zero-order valence-corrected chi connectivity index (χ0v) is 18.0. The number of benzene rings is 2. The second-order valence-corrected chi connectivity index (χ2v) is 7.07. The molecule has 2 N–H and O–H groups in total. The van der Waals surface area contributed by atoms with E-state index in [4.69, 9.17) is 32.4 Å². The monoisotopic (exact) mass is 459 g/mol. The van der Waals surface area contributed by atoms with E-state index in [9.17, 15) is 9.59 Å². The number of rotatable bonds is 7. The predicted octanol–water partition coefficient (Wildman–Crippen LogP) is 4.99. The van der Waals surface area contributed by atoms with Crippen LogP contribution in [0.1, 0.15) is 18.4 Å². The summed E-state index contributed by atoms with van der Waals surface area (Å²) in [5.74, 6) is 0.122. The summed E-state index contributed by atoms with van der Waals surface area (Å²) in [4.78, 5) is 28.3. The van der Waals surface area contributed by atoms with Crippen LogP contribution in [0.25, 0.3) is 0 Å². The van der Waals surface area contributed by atoms with Gasteiger partial charge < -0.3 is 19.8 Å². The average molecular weight is 460 g/mol. The minimum Gasteiger partial charge on any atom is -0.494 e. The fraction of sp³-hybridized carbons (Fsp3) is 0.136. The number of halogens is 2. The highest BCUT2D eigenvalue weighted by molar-refractivity contribution is 6.42. The first kappa shape index (κ1) is 22.4. The van der Waals surface area contributed by atoms with Crippen molar-refractivity contribution < 1.29 is 18.7 Å². The van der Waals surface area contributed by atoms with E-state index < -0.39 is 11.8 Å². The summed E-state index contributed by atoms with van der Waals surface area (Å²) in [5, 5.41) is 5.56. The normalized spacial score (nSPS) is 10.8. The standard InChI is InChI=1S/C22H19Cl2N3O4/c1-2-30-16-6-3-14(4-7-16)25-12-17-8-9-18(31-17)13-26-21(28)22(29)27-15-5-10-19(23)20(24)11-15/h3-12H,2,13H2,1H3,(H,26,28)(H,27,29). The average Bonchev–Trinajstić information content (AvgIpc) is 3.22. The van der Waals surface area contributed by atoms with Gasteiger partial charge in [-0.05, 0) is 61.5 Å². The minimum absolute atomic E-state index is 0.0462. The summed E-state index contributed by atoms with van der Waals surface area (Å²) in [6.45, 7) is 2.57. The molecule has 0 fully saturated rings. The second kappa shape index (κ2) is 10.7. The number of nitrogens with zero attached hydrogens (tertiary/aromatic N) is 1. The molecule has 31 heavy (non-hydrogen) atoms. The topological polar surface area (TPSA) is 92.9 Å². The van der Waals surface area contributed by atoms with Crippen LogP contribution in [0.2, 0.25) is 10.0 Å². The summed E-state index contributed by atoms with van der Waals surface area (Å²) < 4.78 is 11.0. The predicted molar refractivity (Wildman–Crippen MR) is 121 cm³/mol. The van der Waals surface area contributed by atoms with Crippen molar-refractivity contribution in [1.29, 1.82) is 0 Å². The number of amides is 2. The lowest BCUT2D eigenvalue weighted by atomic mass is 10.3. The number of hydrogen-bond donors (Lipinski definition) is 2. The third kappa shape index (κ3) is 6.60. The van der Waals surface area contributed by atoms with Crippen LogP contribution < -0.4 is 15.4 Å². The number of carbonyl (C=O) groups is 2. The van der Waals surface area contributed by atoms with Crippen LogP contribution in [0.15, 0.2) is 64.0 Å². The zero-order valence-electron chi connectivity index (χ0n) is 16.5. The van der Waals surface area contributed by atoms with E-state index >= 15 is 0 Å². The zero-order chi connectivity index (χ0) is 22.2. The van der Waals surface area contributed by atoms with Gasteiger partial charge in [0.1, 0.15) is 17.3 Å². The molecule has 7 nitrogen and oxygen atoms in total. The van der Waals surface area contributed by atoms with Gasteiger partial charge in [0, 0.05) is 5.69 Å². The fourth-order valence-electron chi connectivity index (χ4n) is 2.50. The number of carbonyl (C=O) groups excluding carboxylic acids is 2. The molecule has 2 amide bonds. The van der Waals surface area contributed by atoms with E-state index in [1.54, 1.807) is 24.4 Å². The highest BCUT2D eigenvalue weighted by Crippen LogP contribution is 2.25. The largest absolute Gasteiger partial charge is 0.494 e. The van der Waals surface area contributed by atoms with Gasteiger partial charge in [0.05, 0.1) is 35.1 Å². The molecule has 3 rings (SSSR count). The van der Waals surface area contributed by atoms with Gasteiger partial charge in [-0.3, -0.25) is 14.6 Å². The van der Waals surface area contributed by atoms with Gasteiger partial charge in [0.25, 0.3) is 0 Å². The van der Waals surface area contributed by atoms with Crippen molar-refractivity contribution >= 4 is 52.6 Å². The molecular weight excluding hydrogens is 441 g/mol. The van der Waals surface area contributed by atoms with Gasteiger partial charge in [-0.1, -0.05) is 23.2 Å². The number of aliphatic imine (C=N–C) groups is 1. The third-order valence-electron chi connectivity index (χ3n) is 3.98. The summed E-state index contributed by atoms with van der Waals surface area (Å²) in [6.07, 6.45) is 1.57. The molecular formula is C22H19Cl2N3O4. The molecule has 0 radical (unpaired) electrons. The maximum atomic E-state index is 12.0. The van der Waals surface area contributed by atoms with Crippen molar-refractivity contribution in [2.75, 3.05) is 11.9 Å². The minimum atomic E-state index is -0.831. The Kier molecular flexibility index (Phi) is 7.70. The molecule has 0 spiro atoms. The van der Waals surface area contributed by atoms with Gasteiger partial charge >= 0.3 is 11.8 Å². The molecule has 0 saturated carbocycles. The Morgan fingerprint density at radius 1 is 1.03 bits per heavy atom. The van der Waals surface area contributed by atoms with Crippen molar-refractivity contribution in [2.24, 2.45) is 4.99 Å². The van der Waals surface area contributed by atoms with Crippen molar-refractivity contribution in [1.82, 2.24) is 5.32 Å². The van der Waals surface area contributed by atoms with E-state index in [-0.39, 0.29) is 11.6 Å². The molecule has 0 saturated heterocycles. The number of ether oxygens (including phenoxy) is 1. The molecule has 2 aromatic carbocycles. The van der Waals surface area contributed by atoms with Crippen LogP contribution in [-0.4, -0.2) is 24.6 Å². The molecule has 0 bridgehead atoms. The molecule has 0 atom stereocenters. The first-order valence-corrected chi connectivity index (χ1v) is 10.1. The van der Waals surface area contributed by atoms with E-state index in [0.717, 1.165) is 11.4 Å². The summed E-state index contributed by atoms with van der Waals surface area (Å²) in [5.41, 5.74) is 1.11. The first-order chi connectivity index (χ1) is 14.9. The van der Waals surface area contributed by atoms with Crippen LogP contribution >= 0.6 is 23.2 Å². The van der Waals surface area contributed by atoms with E-state index in [2.05, 4.69) is 15.6 Å². The van der Waals surface area contributed by atoms with Gasteiger partial charge in [-0.2, -0.15) is 0 Å². The number of nitrogens with one attached hydrogen (secondary N) is 2. The van der Waals surface area contributed by atoms with Gasteiger partial charge in [0.15, 0.2) is 0 Å². The molecule has 0 unspecified atom stereocenters. The van der Waals surface area contributed by atoms with E-state index in [0.29, 0.717) is 28.8 Å². The van der Waals surface area contributed by atoms with Crippen molar-refractivity contribution in [3.63, 3.8) is 0 Å². The summed E-state index contributed by atoms with van der Waals surface area (Å²) in [6, 6.07) is 15.3. The number of furan rings is 1. The van der Waals surface area contributed by atoms with E-state index in [1.165, 1.54) is 12.1 Å². The lowest BCUT2D eigenvalue weighted by Crippen LogP contribution is -2.34. The second-order valence-electron chi connectivity index (χ2n) is 6.25. The smallest absolute Gasteiger partial charge is 0.313 e. The van der Waals surface area contributed by atoms with Crippen LogP contribution in [-0.2, 0) is 16.1 Å². The van der Waals surface area contributed by atoms with Crippen LogP contribution in [0.3, 0.4) is 0 Å². The molecule has 9 heteroatoms. The Labute approximate surface area is 189 Å². The Hall–Kier alpha value is -3.29. The van der Waals surface area contributed by atoms with Gasteiger partial charge in [-0.25, -0.2) is 0 Å².